The third-order valence-electron chi connectivity index (χ3n) is 2.86. The average molecular weight is 302 g/mol. The number of halogens is 1. The van der Waals surface area contributed by atoms with Crippen LogP contribution >= 0.6 is 11.6 Å². The molecule has 0 atom stereocenters. The Balaban J connectivity index is 2.02. The molecule has 3 rings (SSSR count). The van der Waals surface area contributed by atoms with Crippen LogP contribution in [0.3, 0.4) is 0 Å². The SMILES string of the molecule is CN(C)c1ccc(-c2nc(Cl)nc(-n3cncn3)n2)cc1. The summed E-state index contributed by atoms with van der Waals surface area (Å²) in [7, 11) is 3.97. The highest BCUT2D eigenvalue weighted by Crippen LogP contribution is 2.20. The Morgan fingerprint density at radius 2 is 1.81 bits per heavy atom. The monoisotopic (exact) mass is 301 g/mol. The average Bonchev–Trinajstić information content (AvgIpc) is 3.01. The lowest BCUT2D eigenvalue weighted by Gasteiger charge is -2.12. The van der Waals surface area contributed by atoms with E-state index in [4.69, 9.17) is 11.6 Å². The summed E-state index contributed by atoms with van der Waals surface area (Å²) >= 11 is 5.97. The van der Waals surface area contributed by atoms with Crippen molar-refractivity contribution in [2.75, 3.05) is 19.0 Å². The van der Waals surface area contributed by atoms with Crippen molar-refractivity contribution < 1.29 is 0 Å². The third-order valence-corrected chi connectivity index (χ3v) is 3.03. The maximum Gasteiger partial charge on any atom is 0.256 e. The van der Waals surface area contributed by atoms with Gasteiger partial charge in [-0.05, 0) is 35.9 Å². The van der Waals surface area contributed by atoms with E-state index >= 15 is 0 Å². The number of anilines is 1. The Kier molecular flexibility index (Phi) is 3.49. The van der Waals surface area contributed by atoms with Crippen LogP contribution in [0.15, 0.2) is 36.9 Å². The predicted molar refractivity (Wildman–Crippen MR) is 79.5 cm³/mol. The van der Waals surface area contributed by atoms with Crippen LogP contribution < -0.4 is 4.90 Å². The molecule has 2 aromatic heterocycles. The first-order valence-electron chi connectivity index (χ1n) is 6.18. The summed E-state index contributed by atoms with van der Waals surface area (Å²) in [6.07, 6.45) is 2.91. The van der Waals surface area contributed by atoms with Gasteiger partial charge in [0, 0.05) is 25.3 Å². The van der Waals surface area contributed by atoms with Gasteiger partial charge in [0.15, 0.2) is 5.82 Å². The van der Waals surface area contributed by atoms with Crippen LogP contribution in [0.2, 0.25) is 5.28 Å². The molecule has 2 heterocycles. The van der Waals surface area contributed by atoms with E-state index in [0.29, 0.717) is 11.8 Å². The van der Waals surface area contributed by atoms with Crippen molar-refractivity contribution in [1.29, 1.82) is 0 Å². The lowest BCUT2D eigenvalue weighted by molar-refractivity contribution is 0.796. The Labute approximate surface area is 126 Å². The molecule has 0 spiro atoms. The molecule has 0 saturated carbocycles. The van der Waals surface area contributed by atoms with Gasteiger partial charge in [0.1, 0.15) is 12.7 Å². The summed E-state index contributed by atoms with van der Waals surface area (Å²) in [4.78, 5) is 18.4. The number of nitrogens with zero attached hydrogens (tertiary/aromatic N) is 7. The van der Waals surface area contributed by atoms with E-state index in [9.17, 15) is 0 Å². The van der Waals surface area contributed by atoms with Gasteiger partial charge in [0.2, 0.25) is 5.28 Å². The number of rotatable bonds is 3. The molecular formula is C13H12ClN7. The minimum Gasteiger partial charge on any atom is -0.378 e. The van der Waals surface area contributed by atoms with Crippen LogP contribution in [0.5, 0.6) is 0 Å². The van der Waals surface area contributed by atoms with Gasteiger partial charge in [-0.25, -0.2) is 4.98 Å². The first kappa shape index (κ1) is 13.4. The zero-order valence-electron chi connectivity index (χ0n) is 11.5. The van der Waals surface area contributed by atoms with Crippen molar-refractivity contribution >= 4 is 17.3 Å². The Hall–Kier alpha value is -2.54. The molecule has 106 valence electrons. The highest BCUT2D eigenvalue weighted by atomic mass is 35.5. The van der Waals surface area contributed by atoms with Crippen LogP contribution in [0.25, 0.3) is 17.3 Å². The van der Waals surface area contributed by atoms with Crippen LogP contribution in [-0.2, 0) is 0 Å². The second-order valence-electron chi connectivity index (χ2n) is 4.51. The molecule has 0 bridgehead atoms. The first-order chi connectivity index (χ1) is 10.1. The predicted octanol–water partition coefficient (Wildman–Crippen LogP) is 1.84. The number of benzene rings is 1. The van der Waals surface area contributed by atoms with Crippen molar-refractivity contribution in [3.8, 4) is 17.3 Å². The van der Waals surface area contributed by atoms with E-state index < -0.39 is 0 Å². The molecule has 0 N–H and O–H groups in total. The van der Waals surface area contributed by atoms with Gasteiger partial charge < -0.3 is 4.90 Å². The van der Waals surface area contributed by atoms with Crippen molar-refractivity contribution in [2.24, 2.45) is 0 Å². The van der Waals surface area contributed by atoms with Gasteiger partial charge >= 0.3 is 0 Å². The van der Waals surface area contributed by atoms with Crippen LogP contribution in [0, 0.1) is 0 Å². The number of hydrogen-bond acceptors (Lipinski definition) is 6. The lowest BCUT2D eigenvalue weighted by atomic mass is 10.2. The lowest BCUT2D eigenvalue weighted by Crippen LogP contribution is -2.08. The quantitative estimate of drug-likeness (QED) is 0.735. The summed E-state index contributed by atoms with van der Waals surface area (Å²) < 4.78 is 1.44. The molecule has 8 heteroatoms. The normalized spacial score (nSPS) is 10.6. The summed E-state index contributed by atoms with van der Waals surface area (Å²) in [5, 5.41) is 4.10. The Bertz CT molecular complexity index is 738. The number of hydrogen-bond donors (Lipinski definition) is 0. The summed E-state index contributed by atoms with van der Waals surface area (Å²) in [5.74, 6) is 0.824. The maximum atomic E-state index is 5.97. The van der Waals surface area contributed by atoms with Crippen molar-refractivity contribution in [3.63, 3.8) is 0 Å². The van der Waals surface area contributed by atoms with Crippen molar-refractivity contribution in [3.05, 3.63) is 42.2 Å². The molecule has 0 radical (unpaired) electrons. The fourth-order valence-corrected chi connectivity index (χ4v) is 1.95. The first-order valence-corrected chi connectivity index (χ1v) is 6.55. The zero-order valence-corrected chi connectivity index (χ0v) is 12.2. The van der Waals surface area contributed by atoms with Gasteiger partial charge in [0.05, 0.1) is 0 Å². The van der Waals surface area contributed by atoms with E-state index in [-0.39, 0.29) is 5.28 Å². The highest BCUT2D eigenvalue weighted by Gasteiger charge is 2.09. The van der Waals surface area contributed by atoms with E-state index in [1.165, 1.54) is 17.3 Å². The molecule has 0 amide bonds. The third kappa shape index (κ3) is 2.82. The largest absolute Gasteiger partial charge is 0.378 e. The molecule has 0 fully saturated rings. The maximum absolute atomic E-state index is 5.97. The van der Waals surface area contributed by atoms with Gasteiger partial charge in [-0.15, -0.1) is 0 Å². The second kappa shape index (κ2) is 5.45. The molecule has 7 nitrogen and oxygen atoms in total. The number of aromatic nitrogens is 6. The molecule has 3 aromatic rings. The van der Waals surface area contributed by atoms with Gasteiger partial charge in [0.25, 0.3) is 5.95 Å². The fourth-order valence-electron chi connectivity index (χ4n) is 1.79. The summed E-state index contributed by atoms with van der Waals surface area (Å²) in [6, 6.07) is 7.85. The molecule has 1 aromatic carbocycles. The Morgan fingerprint density at radius 3 is 2.43 bits per heavy atom. The standard InChI is InChI=1S/C13H12ClN7/c1-20(2)10-5-3-9(4-6-10)11-17-12(14)19-13(18-11)21-8-15-7-16-21/h3-8H,1-2H3. The van der Waals surface area contributed by atoms with E-state index in [2.05, 4.69) is 25.0 Å². The molecule has 0 aliphatic heterocycles. The van der Waals surface area contributed by atoms with Gasteiger partial charge in [-0.2, -0.15) is 24.7 Å². The molecular weight excluding hydrogens is 290 g/mol. The second-order valence-corrected chi connectivity index (χ2v) is 4.85. The van der Waals surface area contributed by atoms with Crippen molar-refractivity contribution in [2.45, 2.75) is 0 Å². The molecule has 21 heavy (non-hydrogen) atoms. The van der Waals surface area contributed by atoms with Crippen molar-refractivity contribution in [1.82, 2.24) is 29.7 Å². The summed E-state index contributed by atoms with van der Waals surface area (Å²) in [5.41, 5.74) is 1.95. The van der Waals surface area contributed by atoms with Gasteiger partial charge in [-0.1, -0.05) is 0 Å². The molecule has 0 aliphatic carbocycles. The van der Waals surface area contributed by atoms with E-state index in [1.54, 1.807) is 0 Å². The van der Waals surface area contributed by atoms with E-state index in [0.717, 1.165) is 11.3 Å². The molecule has 0 unspecified atom stereocenters. The fraction of sp³-hybridized carbons (Fsp3) is 0.154. The minimum absolute atomic E-state index is 0.113. The van der Waals surface area contributed by atoms with E-state index in [1.807, 2.05) is 43.3 Å². The minimum atomic E-state index is 0.113. The molecule has 0 aliphatic rings. The topological polar surface area (TPSA) is 72.6 Å². The van der Waals surface area contributed by atoms with Crippen LogP contribution in [0.1, 0.15) is 0 Å². The van der Waals surface area contributed by atoms with Crippen LogP contribution in [0.4, 0.5) is 5.69 Å². The van der Waals surface area contributed by atoms with Gasteiger partial charge in [-0.3, -0.25) is 0 Å². The zero-order chi connectivity index (χ0) is 14.8. The Morgan fingerprint density at radius 1 is 1.05 bits per heavy atom. The smallest absolute Gasteiger partial charge is 0.256 e. The highest BCUT2D eigenvalue weighted by molar-refractivity contribution is 6.28. The summed E-state index contributed by atoms with van der Waals surface area (Å²) in [6.45, 7) is 0. The molecule has 0 saturated heterocycles. The van der Waals surface area contributed by atoms with Crippen LogP contribution in [-0.4, -0.2) is 43.8 Å².